The molecule has 1 aliphatic rings. The number of likely N-dealkylation sites (N-methyl/N-ethyl adjacent to an activating group) is 1. The highest BCUT2D eigenvalue weighted by Crippen LogP contribution is 2.47. The van der Waals surface area contributed by atoms with Crippen molar-refractivity contribution in [2.24, 2.45) is 0 Å². The molecular formula is C31H39N3O5. The third-order valence-electron chi connectivity index (χ3n) is 7.38. The second-order valence-corrected chi connectivity index (χ2v) is 10.4. The molecule has 3 heterocycles. The number of aromatic nitrogens is 1. The Morgan fingerprint density at radius 1 is 1.05 bits per heavy atom. The zero-order valence-corrected chi connectivity index (χ0v) is 23.6. The first-order valence-electron chi connectivity index (χ1n) is 13.7. The summed E-state index contributed by atoms with van der Waals surface area (Å²) in [5.41, 5.74) is 3.52. The van der Waals surface area contributed by atoms with Crippen molar-refractivity contribution in [1.29, 1.82) is 0 Å². The molecular weight excluding hydrogens is 494 g/mol. The Hall–Kier alpha value is -3.17. The molecule has 1 N–H and O–H groups in total. The van der Waals surface area contributed by atoms with Gasteiger partial charge in [-0.15, -0.1) is 0 Å². The minimum atomic E-state index is -0.244. The quantitative estimate of drug-likeness (QED) is 0.208. The van der Waals surface area contributed by atoms with E-state index in [4.69, 9.17) is 18.6 Å². The largest absolute Gasteiger partial charge is 0.507 e. The average Bonchev–Trinajstić information content (AvgIpc) is 3.25. The van der Waals surface area contributed by atoms with E-state index < -0.39 is 0 Å². The number of furan rings is 1. The number of fused-ring (bicyclic) bond motifs is 3. The molecule has 1 fully saturated rings. The van der Waals surface area contributed by atoms with E-state index in [9.17, 15) is 5.11 Å². The van der Waals surface area contributed by atoms with E-state index in [2.05, 4.69) is 21.8 Å². The van der Waals surface area contributed by atoms with Crippen LogP contribution in [0.2, 0.25) is 0 Å². The van der Waals surface area contributed by atoms with Crippen LogP contribution in [-0.4, -0.2) is 72.6 Å². The maximum Gasteiger partial charge on any atom is 0.213 e. The molecule has 4 aromatic rings. The van der Waals surface area contributed by atoms with E-state index in [-0.39, 0.29) is 24.7 Å². The van der Waals surface area contributed by atoms with Crippen molar-refractivity contribution in [2.75, 3.05) is 46.6 Å². The molecule has 39 heavy (non-hydrogen) atoms. The van der Waals surface area contributed by atoms with Crippen molar-refractivity contribution in [3.8, 4) is 11.6 Å². The Balaban J connectivity index is 1.76. The highest BCUT2D eigenvalue weighted by atomic mass is 16.7. The molecule has 208 valence electrons. The Bertz CT molecular complexity index is 1430. The zero-order valence-electron chi connectivity index (χ0n) is 23.6. The molecule has 8 nitrogen and oxygen atoms in total. The Morgan fingerprint density at radius 2 is 1.79 bits per heavy atom. The first-order chi connectivity index (χ1) is 18.9. The lowest BCUT2D eigenvalue weighted by Gasteiger charge is -2.39. The summed E-state index contributed by atoms with van der Waals surface area (Å²) in [6, 6.07) is 11.7. The highest BCUT2D eigenvalue weighted by molar-refractivity contribution is 6.11. The third-order valence-corrected chi connectivity index (χ3v) is 7.38. The number of phenols is 1. The molecule has 0 saturated carbocycles. The fourth-order valence-corrected chi connectivity index (χ4v) is 5.47. The number of aromatic hydroxyl groups is 1. The van der Waals surface area contributed by atoms with Crippen LogP contribution in [0.1, 0.15) is 49.3 Å². The van der Waals surface area contributed by atoms with Gasteiger partial charge < -0.3 is 28.6 Å². The van der Waals surface area contributed by atoms with Gasteiger partial charge in [-0.2, -0.15) is 0 Å². The van der Waals surface area contributed by atoms with E-state index in [1.165, 1.54) is 0 Å². The number of rotatable bonds is 10. The van der Waals surface area contributed by atoms with Crippen LogP contribution in [0.4, 0.5) is 0 Å². The van der Waals surface area contributed by atoms with E-state index >= 15 is 0 Å². The predicted octanol–water partition coefficient (Wildman–Crippen LogP) is 5.63. The van der Waals surface area contributed by atoms with Crippen molar-refractivity contribution in [3.05, 3.63) is 65.0 Å². The third kappa shape index (κ3) is 5.61. The molecule has 0 bridgehead atoms. The lowest BCUT2D eigenvalue weighted by atomic mass is 9.89. The minimum Gasteiger partial charge on any atom is -0.507 e. The second kappa shape index (κ2) is 11.9. The second-order valence-electron chi connectivity index (χ2n) is 10.4. The van der Waals surface area contributed by atoms with Gasteiger partial charge in [0.2, 0.25) is 5.88 Å². The number of piperazine rings is 1. The molecule has 2 aromatic heterocycles. The zero-order chi connectivity index (χ0) is 27.5. The monoisotopic (exact) mass is 533 g/mol. The number of hydrogen-bond donors (Lipinski definition) is 1. The highest BCUT2D eigenvalue weighted by Gasteiger charge is 2.33. The lowest BCUT2D eigenvalue weighted by molar-refractivity contribution is -0.0571. The standard InChI is InChI=1S/C31H39N3O5/c1-6-36-19-37-18-25-21(4)39-31-24-10-8-7-9-23(24)30(35)28(27(25)31)29(34-15-13-33(5)14-16-34)22-11-12-32-26(17-22)38-20(2)3/h7-12,17,20,29,35H,6,13-16,18-19H2,1-5H3. The van der Waals surface area contributed by atoms with Crippen LogP contribution in [0.15, 0.2) is 47.0 Å². The number of aryl methyl sites for hydroxylation is 1. The van der Waals surface area contributed by atoms with Crippen molar-refractivity contribution < 1.29 is 23.7 Å². The summed E-state index contributed by atoms with van der Waals surface area (Å²) in [5.74, 6) is 1.60. The molecule has 1 unspecified atom stereocenters. The fourth-order valence-electron chi connectivity index (χ4n) is 5.47. The molecule has 2 aromatic carbocycles. The normalized spacial score (nSPS) is 15.9. The van der Waals surface area contributed by atoms with Crippen LogP contribution >= 0.6 is 0 Å². The molecule has 5 rings (SSSR count). The molecule has 1 aliphatic heterocycles. The maximum absolute atomic E-state index is 12.0. The van der Waals surface area contributed by atoms with Crippen LogP contribution < -0.4 is 4.74 Å². The summed E-state index contributed by atoms with van der Waals surface area (Å²) in [7, 11) is 2.15. The van der Waals surface area contributed by atoms with Gasteiger partial charge in [0, 0.05) is 72.3 Å². The lowest BCUT2D eigenvalue weighted by Crippen LogP contribution is -2.46. The van der Waals surface area contributed by atoms with Gasteiger partial charge >= 0.3 is 0 Å². The van der Waals surface area contributed by atoms with Gasteiger partial charge in [-0.1, -0.05) is 24.3 Å². The summed E-state index contributed by atoms with van der Waals surface area (Å²) < 4.78 is 23.8. The van der Waals surface area contributed by atoms with Gasteiger partial charge in [0.1, 0.15) is 23.9 Å². The van der Waals surface area contributed by atoms with Gasteiger partial charge in [0.25, 0.3) is 0 Å². The van der Waals surface area contributed by atoms with Crippen LogP contribution in [0.5, 0.6) is 11.6 Å². The van der Waals surface area contributed by atoms with E-state index in [0.717, 1.165) is 70.4 Å². The molecule has 0 radical (unpaired) electrons. The molecule has 8 heteroatoms. The van der Waals surface area contributed by atoms with Crippen LogP contribution in [0, 0.1) is 6.92 Å². The SMILES string of the molecule is CCOCOCc1c(C)oc2c1c(C(c1ccnc(OC(C)C)c1)N1CCN(C)CC1)c(O)c1ccccc12. The number of nitrogens with zero attached hydrogens (tertiary/aromatic N) is 3. The van der Waals surface area contributed by atoms with Crippen molar-refractivity contribution in [1.82, 2.24) is 14.8 Å². The number of benzene rings is 2. The first-order valence-corrected chi connectivity index (χ1v) is 13.7. The molecule has 0 aliphatic carbocycles. The van der Waals surface area contributed by atoms with Crippen molar-refractivity contribution in [2.45, 2.75) is 46.4 Å². The summed E-state index contributed by atoms with van der Waals surface area (Å²) in [6.07, 6.45) is 1.79. The van der Waals surface area contributed by atoms with Gasteiger partial charge in [-0.25, -0.2) is 4.98 Å². The predicted molar refractivity (Wildman–Crippen MR) is 152 cm³/mol. The first kappa shape index (κ1) is 27.4. The van der Waals surface area contributed by atoms with Crippen LogP contribution in [0.25, 0.3) is 21.7 Å². The Kier molecular flexibility index (Phi) is 8.37. The minimum absolute atomic E-state index is 0.00114. The topological polar surface area (TPSA) is 80.4 Å². The number of phenolic OH excluding ortho intramolecular Hbond substituents is 1. The van der Waals surface area contributed by atoms with E-state index in [1.54, 1.807) is 6.20 Å². The number of ether oxygens (including phenoxy) is 3. The van der Waals surface area contributed by atoms with E-state index in [1.807, 2.05) is 64.1 Å². The summed E-state index contributed by atoms with van der Waals surface area (Å²) in [5, 5.41) is 14.6. The summed E-state index contributed by atoms with van der Waals surface area (Å²) in [4.78, 5) is 9.23. The summed E-state index contributed by atoms with van der Waals surface area (Å²) >= 11 is 0. The molecule has 1 atom stereocenters. The average molecular weight is 534 g/mol. The maximum atomic E-state index is 12.0. The van der Waals surface area contributed by atoms with Gasteiger partial charge in [-0.3, -0.25) is 4.90 Å². The molecule has 0 amide bonds. The van der Waals surface area contributed by atoms with Crippen molar-refractivity contribution >= 4 is 21.7 Å². The molecule has 1 saturated heterocycles. The smallest absolute Gasteiger partial charge is 0.213 e. The Labute approximate surface area is 230 Å². The molecule has 0 spiro atoms. The van der Waals surface area contributed by atoms with Gasteiger partial charge in [-0.05, 0) is 46.4 Å². The summed E-state index contributed by atoms with van der Waals surface area (Å²) in [6.45, 7) is 12.5. The number of hydrogen-bond acceptors (Lipinski definition) is 8. The fraction of sp³-hybridized carbons (Fsp3) is 0.452. The number of pyridine rings is 1. The van der Waals surface area contributed by atoms with Crippen LogP contribution in [0.3, 0.4) is 0 Å². The van der Waals surface area contributed by atoms with E-state index in [0.29, 0.717) is 19.1 Å². The Morgan fingerprint density at radius 3 is 2.51 bits per heavy atom. The van der Waals surface area contributed by atoms with Crippen molar-refractivity contribution in [3.63, 3.8) is 0 Å². The van der Waals surface area contributed by atoms with Gasteiger partial charge in [0.15, 0.2) is 0 Å². The van der Waals surface area contributed by atoms with Crippen LogP contribution in [-0.2, 0) is 16.1 Å². The van der Waals surface area contributed by atoms with Gasteiger partial charge in [0.05, 0.1) is 18.8 Å².